The summed E-state index contributed by atoms with van der Waals surface area (Å²) in [5, 5.41) is 3.93. The highest BCUT2D eigenvalue weighted by Gasteiger charge is 2.25. The van der Waals surface area contributed by atoms with Crippen LogP contribution in [-0.2, 0) is 21.2 Å². The number of aromatic nitrogens is 1. The van der Waals surface area contributed by atoms with E-state index >= 15 is 0 Å². The molecule has 7 heteroatoms. The zero-order valence-electron chi connectivity index (χ0n) is 17.8. The molecular formula is C25H23ClN2O3S. The quantitative estimate of drug-likeness (QED) is 0.415. The summed E-state index contributed by atoms with van der Waals surface area (Å²) in [6, 6.07) is 20.4. The Morgan fingerprint density at radius 3 is 2.50 bits per heavy atom. The molecule has 0 radical (unpaired) electrons. The minimum Gasteiger partial charge on any atom is -0.342 e. The molecule has 1 aromatic heterocycles. The number of carbonyl (C=O) groups excluding carboxylic acids is 1. The third-order valence-electron chi connectivity index (χ3n) is 5.37. The van der Waals surface area contributed by atoms with Crippen molar-refractivity contribution >= 4 is 43.9 Å². The largest absolute Gasteiger partial charge is 0.342 e. The molecule has 1 amide bonds. The highest BCUT2D eigenvalue weighted by atomic mass is 35.5. The van der Waals surface area contributed by atoms with Crippen molar-refractivity contribution < 1.29 is 13.2 Å². The molecule has 0 aliphatic rings. The number of benzene rings is 3. The van der Waals surface area contributed by atoms with Crippen LogP contribution in [0.15, 0.2) is 77.8 Å². The van der Waals surface area contributed by atoms with Gasteiger partial charge >= 0.3 is 0 Å². The van der Waals surface area contributed by atoms with Gasteiger partial charge in [0.2, 0.25) is 5.91 Å². The van der Waals surface area contributed by atoms with Crippen LogP contribution in [0.25, 0.3) is 10.9 Å². The molecule has 0 aliphatic heterocycles. The number of hydrogen-bond donors (Lipinski definition) is 1. The van der Waals surface area contributed by atoms with Gasteiger partial charge in [-0.3, -0.25) is 4.79 Å². The number of fused-ring (bicyclic) bond motifs is 1. The van der Waals surface area contributed by atoms with Crippen molar-refractivity contribution in [3.05, 3.63) is 94.6 Å². The topological polar surface area (TPSA) is 68.2 Å². The lowest BCUT2D eigenvalue weighted by atomic mass is 10.1. The molecule has 4 aromatic rings. The van der Waals surface area contributed by atoms with Gasteiger partial charge < -0.3 is 9.88 Å². The summed E-state index contributed by atoms with van der Waals surface area (Å²) in [5.41, 5.74) is 4.12. The van der Waals surface area contributed by atoms with Crippen molar-refractivity contribution in [1.82, 2.24) is 4.57 Å². The molecular weight excluding hydrogens is 444 g/mol. The Hall–Kier alpha value is -3.09. The van der Waals surface area contributed by atoms with Gasteiger partial charge in [-0.05, 0) is 48.7 Å². The Morgan fingerprint density at radius 1 is 1.00 bits per heavy atom. The van der Waals surface area contributed by atoms with Crippen LogP contribution in [0.5, 0.6) is 0 Å². The minimum absolute atomic E-state index is 0.135. The Bertz CT molecular complexity index is 1420. The van der Waals surface area contributed by atoms with E-state index in [0.29, 0.717) is 22.6 Å². The number of anilines is 1. The number of nitrogens with zero attached hydrogens (tertiary/aromatic N) is 1. The number of carbonyl (C=O) groups is 1. The van der Waals surface area contributed by atoms with Gasteiger partial charge in [-0.1, -0.05) is 60.1 Å². The lowest BCUT2D eigenvalue weighted by Crippen LogP contribution is -2.23. The normalized spacial score (nSPS) is 11.6. The minimum atomic E-state index is -3.88. The molecule has 0 spiro atoms. The standard InChI is InChI=1S/C25H23ClN2O3S/c1-17-11-12-18(2)22(13-17)27-25(29)16-32(30,31)24-15-28(23-10-6-4-8-20(23)24)14-19-7-3-5-9-21(19)26/h3-13,15H,14,16H2,1-2H3,(H,27,29). The molecule has 1 N–H and O–H groups in total. The van der Waals surface area contributed by atoms with E-state index < -0.39 is 21.5 Å². The Labute approximate surface area is 192 Å². The first-order chi connectivity index (χ1) is 15.2. The predicted octanol–water partition coefficient (Wildman–Crippen LogP) is 5.37. The maximum Gasteiger partial charge on any atom is 0.239 e. The molecule has 3 aromatic carbocycles. The summed E-state index contributed by atoms with van der Waals surface area (Å²) >= 11 is 6.31. The zero-order chi connectivity index (χ0) is 22.9. The van der Waals surface area contributed by atoms with E-state index in [0.717, 1.165) is 22.2 Å². The van der Waals surface area contributed by atoms with E-state index in [-0.39, 0.29) is 4.90 Å². The fourth-order valence-corrected chi connectivity index (χ4v) is 5.27. The van der Waals surface area contributed by atoms with Crippen LogP contribution in [0.4, 0.5) is 5.69 Å². The number of sulfone groups is 1. The van der Waals surface area contributed by atoms with E-state index in [1.165, 1.54) is 0 Å². The van der Waals surface area contributed by atoms with E-state index in [2.05, 4.69) is 5.32 Å². The van der Waals surface area contributed by atoms with E-state index in [1.807, 2.05) is 66.9 Å². The van der Waals surface area contributed by atoms with Gasteiger partial charge in [0.25, 0.3) is 0 Å². The zero-order valence-corrected chi connectivity index (χ0v) is 19.4. The van der Waals surface area contributed by atoms with Crippen LogP contribution in [0.1, 0.15) is 16.7 Å². The van der Waals surface area contributed by atoms with Crippen LogP contribution < -0.4 is 5.32 Å². The van der Waals surface area contributed by atoms with E-state index in [9.17, 15) is 13.2 Å². The second kappa shape index (κ2) is 8.81. The fourth-order valence-electron chi connectivity index (χ4n) is 3.71. The van der Waals surface area contributed by atoms with Crippen LogP contribution in [0.3, 0.4) is 0 Å². The maximum atomic E-state index is 13.2. The summed E-state index contributed by atoms with van der Waals surface area (Å²) in [6.07, 6.45) is 1.59. The average molecular weight is 467 g/mol. The first kappa shape index (κ1) is 22.1. The van der Waals surface area contributed by atoms with E-state index in [1.54, 1.807) is 24.4 Å². The van der Waals surface area contributed by atoms with Crippen LogP contribution in [0, 0.1) is 13.8 Å². The van der Waals surface area contributed by atoms with E-state index in [4.69, 9.17) is 11.6 Å². The Balaban J connectivity index is 1.65. The van der Waals surface area contributed by atoms with Crippen molar-refractivity contribution in [1.29, 1.82) is 0 Å². The first-order valence-electron chi connectivity index (χ1n) is 10.2. The third-order valence-corrected chi connectivity index (χ3v) is 7.38. The average Bonchev–Trinajstić information content (AvgIpc) is 3.12. The molecule has 1 heterocycles. The second-order valence-electron chi connectivity index (χ2n) is 7.86. The third kappa shape index (κ3) is 4.56. The maximum absolute atomic E-state index is 13.2. The molecule has 0 saturated heterocycles. The van der Waals surface area contributed by atoms with Gasteiger partial charge in [0, 0.05) is 34.4 Å². The molecule has 0 bridgehead atoms. The van der Waals surface area contributed by atoms with Crippen molar-refractivity contribution in [2.24, 2.45) is 0 Å². The molecule has 0 unspecified atom stereocenters. The molecule has 0 fully saturated rings. The van der Waals surface area contributed by atoms with Gasteiger partial charge in [0.15, 0.2) is 9.84 Å². The highest BCUT2D eigenvalue weighted by Crippen LogP contribution is 2.28. The summed E-state index contributed by atoms with van der Waals surface area (Å²) in [4.78, 5) is 12.8. The Morgan fingerprint density at radius 2 is 1.72 bits per heavy atom. The number of para-hydroxylation sites is 1. The van der Waals surface area contributed by atoms with Crippen molar-refractivity contribution in [3.8, 4) is 0 Å². The summed E-state index contributed by atoms with van der Waals surface area (Å²) in [6.45, 7) is 4.20. The van der Waals surface area contributed by atoms with Crippen LogP contribution in [0.2, 0.25) is 5.02 Å². The number of nitrogens with one attached hydrogen (secondary N) is 1. The van der Waals surface area contributed by atoms with Gasteiger partial charge in [0.1, 0.15) is 5.75 Å². The lowest BCUT2D eigenvalue weighted by molar-refractivity contribution is -0.113. The number of rotatable bonds is 6. The molecule has 0 aliphatic carbocycles. The fraction of sp³-hybridized carbons (Fsp3) is 0.160. The first-order valence-corrected chi connectivity index (χ1v) is 12.2. The molecule has 5 nitrogen and oxygen atoms in total. The number of aryl methyl sites for hydroxylation is 2. The van der Waals surface area contributed by atoms with Crippen molar-refractivity contribution in [2.75, 3.05) is 11.1 Å². The number of hydrogen-bond acceptors (Lipinski definition) is 3. The van der Waals surface area contributed by atoms with Crippen LogP contribution in [-0.4, -0.2) is 24.6 Å². The van der Waals surface area contributed by atoms with Gasteiger partial charge in [-0.25, -0.2) is 8.42 Å². The summed E-state index contributed by atoms with van der Waals surface area (Å²) in [5.74, 6) is -1.21. The predicted molar refractivity (Wildman–Crippen MR) is 129 cm³/mol. The van der Waals surface area contributed by atoms with Crippen molar-refractivity contribution in [3.63, 3.8) is 0 Å². The van der Waals surface area contributed by atoms with Gasteiger partial charge in [-0.15, -0.1) is 0 Å². The molecule has 32 heavy (non-hydrogen) atoms. The van der Waals surface area contributed by atoms with Crippen LogP contribution >= 0.6 is 11.6 Å². The smallest absolute Gasteiger partial charge is 0.239 e. The van der Waals surface area contributed by atoms with Crippen molar-refractivity contribution in [2.45, 2.75) is 25.3 Å². The number of amides is 1. The SMILES string of the molecule is Cc1ccc(C)c(NC(=O)CS(=O)(=O)c2cn(Cc3ccccc3Cl)c3ccccc23)c1. The molecule has 4 rings (SSSR count). The van der Waals surface area contributed by atoms with Gasteiger partial charge in [-0.2, -0.15) is 0 Å². The summed E-state index contributed by atoms with van der Waals surface area (Å²) < 4.78 is 28.3. The molecule has 164 valence electrons. The highest BCUT2D eigenvalue weighted by molar-refractivity contribution is 7.92. The second-order valence-corrected chi connectivity index (χ2v) is 10.2. The molecule has 0 saturated carbocycles. The number of halogens is 1. The Kier molecular flexibility index (Phi) is 6.09. The molecule has 0 atom stereocenters. The lowest BCUT2D eigenvalue weighted by Gasteiger charge is -2.09. The summed E-state index contributed by atoms with van der Waals surface area (Å²) in [7, 11) is -3.88. The monoisotopic (exact) mass is 466 g/mol. The van der Waals surface area contributed by atoms with Gasteiger partial charge in [0.05, 0.1) is 4.90 Å².